The van der Waals surface area contributed by atoms with Gasteiger partial charge in [-0.25, -0.2) is 14.8 Å². The van der Waals surface area contributed by atoms with E-state index in [1.807, 2.05) is 24.3 Å². The number of ether oxygens (including phenoxy) is 1. The quantitative estimate of drug-likeness (QED) is 0.742. The minimum absolute atomic E-state index is 0.0619. The van der Waals surface area contributed by atoms with Gasteiger partial charge in [-0.05, 0) is 31.2 Å². The maximum atomic E-state index is 11.8. The lowest BCUT2D eigenvalue weighted by molar-refractivity contribution is 0.0425. The molecule has 0 aliphatic carbocycles. The summed E-state index contributed by atoms with van der Waals surface area (Å²) >= 11 is 0. The van der Waals surface area contributed by atoms with E-state index < -0.39 is 5.97 Å². The molecule has 0 amide bonds. The lowest BCUT2D eigenvalue weighted by atomic mass is 10.2. The highest BCUT2D eigenvalue weighted by molar-refractivity contribution is 5.88. The summed E-state index contributed by atoms with van der Waals surface area (Å²) in [5, 5.41) is 0.772. The van der Waals surface area contributed by atoms with Crippen LogP contribution in [0.2, 0.25) is 0 Å². The zero-order chi connectivity index (χ0) is 14.8. The van der Waals surface area contributed by atoms with E-state index >= 15 is 0 Å². The smallest absolute Gasteiger partial charge is 0.374 e. The fraction of sp³-hybridized carbons (Fsp3) is 0.133. The standard InChI is InChI=1S/C15H13N3O3/c1-9-6-7-12(21-9)15(19)20-8-13-17-11-5-3-2-4-10(11)14(16)18-13/h2-7H,8H2,1H3,(H2,16,17,18). The predicted molar refractivity (Wildman–Crippen MR) is 76.5 cm³/mol. The second kappa shape index (κ2) is 5.24. The molecule has 0 saturated heterocycles. The summed E-state index contributed by atoms with van der Waals surface area (Å²) in [6.45, 7) is 1.69. The number of nitrogen functional groups attached to an aromatic ring is 1. The summed E-state index contributed by atoms with van der Waals surface area (Å²) < 4.78 is 10.3. The summed E-state index contributed by atoms with van der Waals surface area (Å²) in [6, 6.07) is 10.6. The number of nitrogens with zero attached hydrogens (tertiary/aromatic N) is 2. The van der Waals surface area contributed by atoms with Crippen LogP contribution in [0.15, 0.2) is 40.8 Å². The second-order valence-corrected chi connectivity index (χ2v) is 4.53. The number of aromatic nitrogens is 2. The summed E-state index contributed by atoms with van der Waals surface area (Å²) in [7, 11) is 0. The number of para-hydroxylation sites is 1. The van der Waals surface area contributed by atoms with Crippen molar-refractivity contribution >= 4 is 22.7 Å². The molecule has 1 aromatic carbocycles. The van der Waals surface area contributed by atoms with Gasteiger partial charge in [-0.2, -0.15) is 0 Å². The van der Waals surface area contributed by atoms with Gasteiger partial charge in [0.25, 0.3) is 0 Å². The monoisotopic (exact) mass is 283 g/mol. The number of anilines is 1. The van der Waals surface area contributed by atoms with Gasteiger partial charge in [0.2, 0.25) is 5.76 Å². The topological polar surface area (TPSA) is 91.2 Å². The Labute approximate surface area is 120 Å². The van der Waals surface area contributed by atoms with Gasteiger partial charge in [0.15, 0.2) is 12.4 Å². The molecule has 0 spiro atoms. The largest absolute Gasteiger partial charge is 0.454 e. The van der Waals surface area contributed by atoms with Crippen LogP contribution < -0.4 is 5.73 Å². The molecule has 6 nitrogen and oxygen atoms in total. The van der Waals surface area contributed by atoms with E-state index in [1.54, 1.807) is 19.1 Å². The van der Waals surface area contributed by atoms with E-state index in [9.17, 15) is 4.79 Å². The van der Waals surface area contributed by atoms with Crippen LogP contribution in [0.4, 0.5) is 5.82 Å². The van der Waals surface area contributed by atoms with Crippen molar-refractivity contribution < 1.29 is 13.9 Å². The molecule has 2 N–H and O–H groups in total. The number of carbonyl (C=O) groups is 1. The maximum absolute atomic E-state index is 11.8. The Morgan fingerprint density at radius 2 is 2.05 bits per heavy atom. The van der Waals surface area contributed by atoms with Crippen LogP contribution in [-0.4, -0.2) is 15.9 Å². The molecular formula is C15H13N3O3. The van der Waals surface area contributed by atoms with Crippen molar-refractivity contribution in [3.63, 3.8) is 0 Å². The van der Waals surface area contributed by atoms with Crippen LogP contribution in [0, 0.1) is 6.92 Å². The second-order valence-electron chi connectivity index (χ2n) is 4.53. The number of esters is 1. The zero-order valence-electron chi connectivity index (χ0n) is 11.4. The van der Waals surface area contributed by atoms with E-state index in [1.165, 1.54) is 0 Å². The maximum Gasteiger partial charge on any atom is 0.374 e. The van der Waals surface area contributed by atoms with Crippen LogP contribution in [0.3, 0.4) is 0 Å². The third kappa shape index (κ3) is 2.69. The highest BCUT2D eigenvalue weighted by Gasteiger charge is 2.13. The first kappa shape index (κ1) is 13.1. The minimum atomic E-state index is -0.557. The molecule has 21 heavy (non-hydrogen) atoms. The molecule has 0 bridgehead atoms. The Morgan fingerprint density at radius 3 is 2.81 bits per heavy atom. The predicted octanol–water partition coefficient (Wildman–Crippen LogP) is 2.47. The van der Waals surface area contributed by atoms with Gasteiger partial charge in [-0.1, -0.05) is 12.1 Å². The molecule has 0 radical (unpaired) electrons. The molecule has 0 aliphatic rings. The molecule has 0 aliphatic heterocycles. The Kier molecular flexibility index (Phi) is 3.27. The Bertz CT molecular complexity index is 811. The van der Waals surface area contributed by atoms with Crippen molar-refractivity contribution in [1.82, 2.24) is 9.97 Å². The average molecular weight is 283 g/mol. The first-order valence-electron chi connectivity index (χ1n) is 6.38. The van der Waals surface area contributed by atoms with Gasteiger partial charge >= 0.3 is 5.97 Å². The Hall–Kier alpha value is -2.89. The van der Waals surface area contributed by atoms with Crippen molar-refractivity contribution in [3.05, 3.63) is 53.7 Å². The highest BCUT2D eigenvalue weighted by Crippen LogP contribution is 2.17. The lowest BCUT2D eigenvalue weighted by Crippen LogP contribution is -2.08. The summed E-state index contributed by atoms with van der Waals surface area (Å²) in [5.74, 6) is 0.955. The third-order valence-corrected chi connectivity index (χ3v) is 2.95. The normalized spacial score (nSPS) is 10.7. The SMILES string of the molecule is Cc1ccc(C(=O)OCc2nc(N)c3ccccc3n2)o1. The number of aryl methyl sites for hydroxylation is 1. The summed E-state index contributed by atoms with van der Waals surface area (Å²) in [4.78, 5) is 20.2. The van der Waals surface area contributed by atoms with Crippen molar-refractivity contribution in [3.8, 4) is 0 Å². The van der Waals surface area contributed by atoms with Crippen molar-refractivity contribution in [2.45, 2.75) is 13.5 Å². The van der Waals surface area contributed by atoms with E-state index in [-0.39, 0.29) is 12.4 Å². The molecule has 2 aromatic heterocycles. The molecule has 0 fully saturated rings. The van der Waals surface area contributed by atoms with Crippen LogP contribution in [0.25, 0.3) is 10.9 Å². The van der Waals surface area contributed by atoms with E-state index in [2.05, 4.69) is 9.97 Å². The first-order chi connectivity index (χ1) is 10.1. The third-order valence-electron chi connectivity index (χ3n) is 2.95. The van der Waals surface area contributed by atoms with Crippen LogP contribution in [0.5, 0.6) is 0 Å². The van der Waals surface area contributed by atoms with Crippen molar-refractivity contribution in [2.24, 2.45) is 0 Å². The number of rotatable bonds is 3. The average Bonchev–Trinajstić information content (AvgIpc) is 2.91. The number of furan rings is 1. The van der Waals surface area contributed by atoms with Gasteiger partial charge in [-0.3, -0.25) is 0 Å². The van der Waals surface area contributed by atoms with Gasteiger partial charge in [0.05, 0.1) is 5.52 Å². The number of benzene rings is 1. The minimum Gasteiger partial charge on any atom is -0.454 e. The van der Waals surface area contributed by atoms with Gasteiger partial charge in [0, 0.05) is 5.39 Å². The van der Waals surface area contributed by atoms with Gasteiger partial charge < -0.3 is 14.9 Å². The summed E-state index contributed by atoms with van der Waals surface area (Å²) in [5.41, 5.74) is 6.58. The van der Waals surface area contributed by atoms with E-state index in [0.29, 0.717) is 22.9 Å². The molecule has 2 heterocycles. The van der Waals surface area contributed by atoms with Crippen LogP contribution >= 0.6 is 0 Å². The van der Waals surface area contributed by atoms with E-state index in [0.717, 1.165) is 5.39 Å². The Morgan fingerprint density at radius 1 is 1.24 bits per heavy atom. The fourth-order valence-corrected chi connectivity index (χ4v) is 1.96. The van der Waals surface area contributed by atoms with Crippen LogP contribution in [0.1, 0.15) is 22.1 Å². The number of carbonyl (C=O) groups excluding carboxylic acids is 1. The Balaban J connectivity index is 1.77. The molecule has 3 aromatic rings. The molecule has 0 unspecified atom stereocenters. The van der Waals surface area contributed by atoms with Gasteiger partial charge in [0.1, 0.15) is 11.6 Å². The number of fused-ring (bicyclic) bond motifs is 1. The molecule has 3 rings (SSSR count). The molecule has 6 heteroatoms. The highest BCUT2D eigenvalue weighted by atomic mass is 16.5. The molecule has 0 saturated carbocycles. The number of hydrogen-bond donors (Lipinski definition) is 1. The van der Waals surface area contributed by atoms with Crippen LogP contribution in [-0.2, 0) is 11.3 Å². The zero-order valence-corrected chi connectivity index (χ0v) is 11.4. The first-order valence-corrected chi connectivity index (χ1v) is 6.38. The van der Waals surface area contributed by atoms with Crippen molar-refractivity contribution in [1.29, 1.82) is 0 Å². The molecule has 106 valence electrons. The number of hydrogen-bond acceptors (Lipinski definition) is 6. The lowest BCUT2D eigenvalue weighted by Gasteiger charge is -2.05. The molecular weight excluding hydrogens is 270 g/mol. The molecule has 0 atom stereocenters. The number of nitrogens with two attached hydrogens (primary N) is 1. The summed E-state index contributed by atoms with van der Waals surface area (Å²) in [6.07, 6.45) is 0. The van der Waals surface area contributed by atoms with Crippen molar-refractivity contribution in [2.75, 3.05) is 5.73 Å². The van der Waals surface area contributed by atoms with Gasteiger partial charge in [-0.15, -0.1) is 0 Å². The van der Waals surface area contributed by atoms with E-state index in [4.69, 9.17) is 14.9 Å². The fourth-order valence-electron chi connectivity index (χ4n) is 1.96.